The number of hydrogen-bond acceptors (Lipinski definition) is 6. The Morgan fingerprint density at radius 3 is 2.83 bits per heavy atom. The fourth-order valence-electron chi connectivity index (χ4n) is 1.80. The number of thiazole rings is 1. The van der Waals surface area contributed by atoms with Crippen LogP contribution in [0.15, 0.2) is 17.2 Å². The van der Waals surface area contributed by atoms with Crippen LogP contribution >= 0.6 is 11.3 Å². The minimum absolute atomic E-state index is 0.757. The maximum atomic E-state index is 4.35. The normalized spacial score (nSPS) is 10.4. The lowest BCUT2D eigenvalue weighted by Gasteiger charge is -2.20. The molecule has 0 aliphatic carbocycles. The van der Waals surface area contributed by atoms with Crippen LogP contribution in [0.3, 0.4) is 0 Å². The van der Waals surface area contributed by atoms with Crippen LogP contribution < -0.4 is 10.2 Å². The predicted molar refractivity (Wildman–Crippen MR) is 75.2 cm³/mol. The van der Waals surface area contributed by atoms with Gasteiger partial charge in [0.25, 0.3) is 0 Å². The van der Waals surface area contributed by atoms with Crippen LogP contribution in [0.2, 0.25) is 0 Å². The number of anilines is 2. The summed E-state index contributed by atoms with van der Waals surface area (Å²) < 4.78 is 0. The Kier molecular flexibility index (Phi) is 4.09. The molecule has 0 saturated heterocycles. The molecular formula is C12H17N5S. The van der Waals surface area contributed by atoms with Crippen molar-refractivity contribution >= 4 is 23.0 Å². The molecule has 0 aliphatic heterocycles. The summed E-state index contributed by atoms with van der Waals surface area (Å²) in [5.41, 5.74) is 3.97. The molecule has 5 nitrogen and oxygen atoms in total. The average Bonchev–Trinajstić information content (AvgIpc) is 2.85. The first kappa shape index (κ1) is 12.8. The van der Waals surface area contributed by atoms with Crippen LogP contribution in [-0.4, -0.2) is 28.5 Å². The van der Waals surface area contributed by atoms with Crippen molar-refractivity contribution in [3.8, 4) is 0 Å². The first-order valence-corrected chi connectivity index (χ1v) is 6.80. The smallest absolute Gasteiger partial charge is 0.137 e. The van der Waals surface area contributed by atoms with Crippen LogP contribution in [-0.2, 0) is 6.54 Å². The number of aromatic nitrogens is 3. The molecule has 2 aromatic rings. The van der Waals surface area contributed by atoms with E-state index in [1.54, 1.807) is 17.7 Å². The molecule has 18 heavy (non-hydrogen) atoms. The molecule has 6 heteroatoms. The van der Waals surface area contributed by atoms with Gasteiger partial charge in [0, 0.05) is 24.5 Å². The fourth-order valence-corrected chi connectivity index (χ4v) is 2.35. The van der Waals surface area contributed by atoms with E-state index in [9.17, 15) is 0 Å². The van der Waals surface area contributed by atoms with Crippen molar-refractivity contribution in [3.05, 3.63) is 28.5 Å². The maximum absolute atomic E-state index is 4.35. The standard InChI is InChI=1S/C12H17N5S/c1-4-13-11-9(2)12(15-7-14-11)17(3)5-10-6-18-8-16-10/h6-8H,4-5H2,1-3H3,(H,13,14,15). The third-order valence-corrected chi connectivity index (χ3v) is 3.28. The molecule has 0 radical (unpaired) electrons. The highest BCUT2D eigenvalue weighted by molar-refractivity contribution is 7.07. The Bertz CT molecular complexity index is 497. The van der Waals surface area contributed by atoms with Gasteiger partial charge in [0.15, 0.2) is 0 Å². The van der Waals surface area contributed by atoms with Crippen LogP contribution in [0, 0.1) is 6.92 Å². The summed E-state index contributed by atoms with van der Waals surface area (Å²) in [5.74, 6) is 1.83. The molecule has 0 fully saturated rings. The van der Waals surface area contributed by atoms with Crippen LogP contribution in [0.5, 0.6) is 0 Å². The van der Waals surface area contributed by atoms with Crippen LogP contribution in [0.4, 0.5) is 11.6 Å². The van der Waals surface area contributed by atoms with E-state index in [0.29, 0.717) is 0 Å². The van der Waals surface area contributed by atoms with E-state index < -0.39 is 0 Å². The molecule has 2 rings (SSSR count). The number of nitrogens with one attached hydrogen (secondary N) is 1. The second-order valence-electron chi connectivity index (χ2n) is 4.04. The summed E-state index contributed by atoms with van der Waals surface area (Å²) in [5, 5.41) is 5.29. The molecule has 0 unspecified atom stereocenters. The summed E-state index contributed by atoms with van der Waals surface area (Å²) in [4.78, 5) is 15.0. The van der Waals surface area contributed by atoms with Gasteiger partial charge in [-0.1, -0.05) is 0 Å². The predicted octanol–water partition coefficient (Wildman–Crippen LogP) is 2.31. The zero-order chi connectivity index (χ0) is 13.0. The van der Waals surface area contributed by atoms with Crippen LogP contribution in [0.25, 0.3) is 0 Å². The van der Waals surface area contributed by atoms with Crippen molar-refractivity contribution in [2.45, 2.75) is 20.4 Å². The molecule has 0 amide bonds. The molecule has 0 atom stereocenters. The van der Waals surface area contributed by atoms with E-state index in [-0.39, 0.29) is 0 Å². The summed E-state index contributed by atoms with van der Waals surface area (Å²) >= 11 is 1.61. The van der Waals surface area contributed by atoms with E-state index in [4.69, 9.17) is 0 Å². The molecule has 96 valence electrons. The van der Waals surface area contributed by atoms with Gasteiger partial charge in [0.1, 0.15) is 18.0 Å². The molecule has 2 aromatic heterocycles. The Labute approximate surface area is 111 Å². The largest absolute Gasteiger partial charge is 0.370 e. The summed E-state index contributed by atoms with van der Waals surface area (Å²) in [7, 11) is 2.02. The average molecular weight is 263 g/mol. The SMILES string of the molecule is CCNc1ncnc(N(C)Cc2cscn2)c1C. The third kappa shape index (κ3) is 2.76. The van der Waals surface area contributed by atoms with E-state index in [1.807, 2.05) is 19.5 Å². The fraction of sp³-hybridized carbons (Fsp3) is 0.417. The maximum Gasteiger partial charge on any atom is 0.137 e. The highest BCUT2D eigenvalue weighted by Crippen LogP contribution is 2.22. The Hall–Kier alpha value is -1.69. The van der Waals surface area contributed by atoms with Gasteiger partial charge in [-0.15, -0.1) is 11.3 Å². The van der Waals surface area contributed by atoms with Gasteiger partial charge in [0.2, 0.25) is 0 Å². The van der Waals surface area contributed by atoms with Gasteiger partial charge >= 0.3 is 0 Å². The quantitative estimate of drug-likeness (QED) is 0.897. The second-order valence-corrected chi connectivity index (χ2v) is 4.76. The molecule has 0 aromatic carbocycles. The zero-order valence-electron chi connectivity index (χ0n) is 10.8. The second kappa shape index (κ2) is 5.77. The summed E-state index contributed by atoms with van der Waals surface area (Å²) in [6.07, 6.45) is 1.60. The van der Waals surface area contributed by atoms with Crippen molar-refractivity contribution in [1.82, 2.24) is 15.0 Å². The Morgan fingerprint density at radius 1 is 1.33 bits per heavy atom. The van der Waals surface area contributed by atoms with Gasteiger partial charge in [-0.25, -0.2) is 15.0 Å². The zero-order valence-corrected chi connectivity index (χ0v) is 11.7. The molecule has 0 spiro atoms. The molecule has 0 bridgehead atoms. The summed E-state index contributed by atoms with van der Waals surface area (Å²) in [6, 6.07) is 0. The highest BCUT2D eigenvalue weighted by Gasteiger charge is 2.11. The number of hydrogen-bond donors (Lipinski definition) is 1. The van der Waals surface area contributed by atoms with Gasteiger partial charge in [-0.2, -0.15) is 0 Å². The number of nitrogens with zero attached hydrogens (tertiary/aromatic N) is 4. The molecular weight excluding hydrogens is 246 g/mol. The third-order valence-electron chi connectivity index (χ3n) is 2.65. The van der Waals surface area contributed by atoms with Crippen molar-refractivity contribution in [2.75, 3.05) is 23.8 Å². The van der Waals surface area contributed by atoms with E-state index in [2.05, 4.69) is 37.5 Å². The van der Waals surface area contributed by atoms with Crippen molar-refractivity contribution in [2.24, 2.45) is 0 Å². The van der Waals surface area contributed by atoms with E-state index in [1.165, 1.54) is 0 Å². The van der Waals surface area contributed by atoms with Gasteiger partial charge in [-0.05, 0) is 13.8 Å². The minimum Gasteiger partial charge on any atom is -0.370 e. The minimum atomic E-state index is 0.757. The lowest BCUT2D eigenvalue weighted by atomic mass is 10.3. The molecule has 0 saturated carbocycles. The van der Waals surface area contributed by atoms with Crippen LogP contribution in [0.1, 0.15) is 18.2 Å². The lowest BCUT2D eigenvalue weighted by molar-refractivity contribution is 0.861. The van der Waals surface area contributed by atoms with E-state index >= 15 is 0 Å². The first-order chi connectivity index (χ1) is 8.72. The monoisotopic (exact) mass is 263 g/mol. The van der Waals surface area contributed by atoms with Gasteiger partial charge in [0.05, 0.1) is 17.7 Å². The Balaban J connectivity index is 2.19. The van der Waals surface area contributed by atoms with Crippen molar-refractivity contribution < 1.29 is 0 Å². The van der Waals surface area contributed by atoms with Crippen molar-refractivity contribution in [3.63, 3.8) is 0 Å². The Morgan fingerprint density at radius 2 is 2.17 bits per heavy atom. The lowest BCUT2D eigenvalue weighted by Crippen LogP contribution is -2.20. The topological polar surface area (TPSA) is 53.9 Å². The number of rotatable bonds is 5. The molecule has 0 aliphatic rings. The first-order valence-electron chi connectivity index (χ1n) is 5.86. The highest BCUT2D eigenvalue weighted by atomic mass is 32.1. The molecule has 2 heterocycles. The van der Waals surface area contributed by atoms with Crippen molar-refractivity contribution in [1.29, 1.82) is 0 Å². The van der Waals surface area contributed by atoms with Gasteiger partial charge < -0.3 is 10.2 Å². The van der Waals surface area contributed by atoms with Gasteiger partial charge in [-0.3, -0.25) is 0 Å². The van der Waals surface area contributed by atoms with E-state index in [0.717, 1.165) is 36.0 Å². The summed E-state index contributed by atoms with van der Waals surface area (Å²) in [6.45, 7) is 5.70. The molecule has 1 N–H and O–H groups in total.